The molecule has 3 N–H and O–H groups in total. The number of benzene rings is 1. The topological polar surface area (TPSA) is 78.4 Å². The highest BCUT2D eigenvalue weighted by atomic mass is 16.3. The number of nitrogens with one attached hydrogen (secondary N) is 2. The molecule has 1 aromatic rings. The minimum atomic E-state index is -0.641. The number of aliphatic hydroxyl groups excluding tert-OH is 1. The van der Waals surface area contributed by atoms with E-state index >= 15 is 0 Å². The molecule has 5 nitrogen and oxygen atoms in total. The summed E-state index contributed by atoms with van der Waals surface area (Å²) in [5.41, 5.74) is 2.47. The molecule has 2 unspecified atom stereocenters. The minimum absolute atomic E-state index is 0.0402. The van der Waals surface area contributed by atoms with E-state index in [0.29, 0.717) is 19.3 Å². The summed E-state index contributed by atoms with van der Waals surface area (Å²) in [5.74, 6) is 0.0870. The summed E-state index contributed by atoms with van der Waals surface area (Å²) in [4.78, 5) is 24.3. The molecule has 0 fully saturated rings. The summed E-state index contributed by atoms with van der Waals surface area (Å²) >= 11 is 0. The van der Waals surface area contributed by atoms with Gasteiger partial charge < -0.3 is 15.7 Å². The van der Waals surface area contributed by atoms with Crippen LogP contribution in [-0.4, -0.2) is 41.5 Å². The monoisotopic (exact) mass is 390 g/mol. The fraction of sp³-hybridized carbons (Fsp3) is 0.652. The summed E-state index contributed by atoms with van der Waals surface area (Å²) in [5, 5.41) is 16.3. The smallest absolute Gasteiger partial charge is 0.220 e. The predicted molar refractivity (Wildman–Crippen MR) is 114 cm³/mol. The number of carbonyl (C=O) groups is 2. The van der Waals surface area contributed by atoms with Crippen LogP contribution in [0.5, 0.6) is 0 Å². The van der Waals surface area contributed by atoms with Crippen LogP contribution in [-0.2, 0) is 16.0 Å². The molecular formula is C23H38N2O3. The molecule has 2 atom stereocenters. The number of aliphatic hydroxyl groups is 1. The summed E-state index contributed by atoms with van der Waals surface area (Å²) in [7, 11) is 0. The van der Waals surface area contributed by atoms with Crippen LogP contribution in [0.3, 0.4) is 0 Å². The molecule has 0 aliphatic heterocycles. The van der Waals surface area contributed by atoms with Crippen molar-refractivity contribution < 1.29 is 14.7 Å². The van der Waals surface area contributed by atoms with E-state index < -0.39 is 6.10 Å². The van der Waals surface area contributed by atoms with Gasteiger partial charge in [-0.05, 0) is 38.2 Å². The standard InChI is InChI=1S/C23H38N2O3/c1-16(2)23(28)21(25-17(3)4)14-13-20(26)15-24-22(27)8-6-7-19-11-9-18(5)10-12-19/h9-12,16-17,20-21,25-26H,6-8,13-15H2,1-5H3,(H,24,27). The first-order chi connectivity index (χ1) is 13.2. The largest absolute Gasteiger partial charge is 0.391 e. The number of Topliss-reactive ketones (excluding diaryl/α,β-unsaturated/α-hetero) is 1. The Morgan fingerprint density at radius 2 is 1.68 bits per heavy atom. The van der Waals surface area contributed by atoms with Crippen LogP contribution in [0.1, 0.15) is 64.5 Å². The zero-order valence-electron chi connectivity index (χ0n) is 18.1. The van der Waals surface area contributed by atoms with E-state index in [-0.39, 0.29) is 36.2 Å². The lowest BCUT2D eigenvalue weighted by Crippen LogP contribution is -2.43. The van der Waals surface area contributed by atoms with Gasteiger partial charge in [0.2, 0.25) is 5.91 Å². The zero-order chi connectivity index (χ0) is 21.1. The molecule has 0 saturated carbocycles. The van der Waals surface area contributed by atoms with E-state index in [4.69, 9.17) is 0 Å². The lowest BCUT2D eigenvalue weighted by Gasteiger charge is -2.23. The Morgan fingerprint density at radius 3 is 2.25 bits per heavy atom. The second-order valence-electron chi connectivity index (χ2n) is 8.31. The SMILES string of the molecule is Cc1ccc(CCCC(=O)NCC(O)CCC(NC(C)C)C(=O)C(C)C)cc1. The van der Waals surface area contributed by atoms with Crippen molar-refractivity contribution in [1.82, 2.24) is 10.6 Å². The maximum atomic E-state index is 12.3. The molecule has 5 heteroatoms. The maximum Gasteiger partial charge on any atom is 0.220 e. The van der Waals surface area contributed by atoms with Gasteiger partial charge in [-0.2, -0.15) is 0 Å². The Bertz CT molecular complexity index is 596. The van der Waals surface area contributed by atoms with Crippen LogP contribution in [0.4, 0.5) is 0 Å². The summed E-state index contributed by atoms with van der Waals surface area (Å²) in [6.07, 6.45) is 2.51. The van der Waals surface area contributed by atoms with Crippen LogP contribution in [0.2, 0.25) is 0 Å². The molecule has 1 amide bonds. The molecule has 158 valence electrons. The van der Waals surface area contributed by atoms with Crippen molar-refractivity contribution in [3.05, 3.63) is 35.4 Å². The van der Waals surface area contributed by atoms with Gasteiger partial charge in [0.1, 0.15) is 0 Å². The van der Waals surface area contributed by atoms with E-state index in [9.17, 15) is 14.7 Å². The van der Waals surface area contributed by atoms with Gasteiger partial charge >= 0.3 is 0 Å². The van der Waals surface area contributed by atoms with Crippen LogP contribution < -0.4 is 10.6 Å². The average Bonchev–Trinajstić information content (AvgIpc) is 2.64. The number of rotatable bonds is 13. The Hall–Kier alpha value is -1.72. The highest BCUT2D eigenvalue weighted by molar-refractivity contribution is 5.85. The number of hydrogen-bond acceptors (Lipinski definition) is 4. The van der Waals surface area contributed by atoms with Crippen LogP contribution >= 0.6 is 0 Å². The number of aryl methyl sites for hydroxylation is 2. The van der Waals surface area contributed by atoms with Crippen LogP contribution in [0, 0.1) is 12.8 Å². The van der Waals surface area contributed by atoms with Crippen molar-refractivity contribution in [2.45, 2.75) is 84.9 Å². The molecule has 0 aliphatic rings. The second kappa shape index (κ2) is 12.7. The van der Waals surface area contributed by atoms with Gasteiger partial charge in [-0.3, -0.25) is 9.59 Å². The van der Waals surface area contributed by atoms with Gasteiger partial charge in [-0.1, -0.05) is 57.5 Å². The normalized spacial score (nSPS) is 13.6. The van der Waals surface area contributed by atoms with Crippen molar-refractivity contribution in [2.75, 3.05) is 6.54 Å². The first-order valence-corrected chi connectivity index (χ1v) is 10.5. The van der Waals surface area contributed by atoms with Crippen molar-refractivity contribution >= 4 is 11.7 Å². The molecule has 1 aromatic carbocycles. The number of carbonyl (C=O) groups excluding carboxylic acids is 2. The number of amides is 1. The van der Waals surface area contributed by atoms with Gasteiger partial charge in [0, 0.05) is 24.9 Å². The van der Waals surface area contributed by atoms with E-state index in [1.54, 1.807) is 0 Å². The van der Waals surface area contributed by atoms with Gasteiger partial charge in [-0.25, -0.2) is 0 Å². The zero-order valence-corrected chi connectivity index (χ0v) is 18.1. The molecule has 1 rings (SSSR count). The van der Waals surface area contributed by atoms with E-state index in [1.807, 2.05) is 27.7 Å². The number of ketones is 1. The second-order valence-corrected chi connectivity index (χ2v) is 8.31. The lowest BCUT2D eigenvalue weighted by atomic mass is 9.96. The first kappa shape index (κ1) is 24.3. The molecule has 28 heavy (non-hydrogen) atoms. The highest BCUT2D eigenvalue weighted by Crippen LogP contribution is 2.10. The maximum absolute atomic E-state index is 12.3. The van der Waals surface area contributed by atoms with Crippen LogP contribution in [0.25, 0.3) is 0 Å². The third-order valence-electron chi connectivity index (χ3n) is 4.76. The van der Waals surface area contributed by atoms with Gasteiger partial charge in [0.05, 0.1) is 12.1 Å². The molecule has 0 aromatic heterocycles. The lowest BCUT2D eigenvalue weighted by molar-refractivity contribution is -0.124. The molecular weight excluding hydrogens is 352 g/mol. The molecule has 0 spiro atoms. The molecule has 0 radical (unpaired) electrons. The fourth-order valence-corrected chi connectivity index (χ4v) is 3.10. The summed E-state index contributed by atoms with van der Waals surface area (Å²) in [6.45, 7) is 10.1. The molecule has 0 saturated heterocycles. The quantitative estimate of drug-likeness (QED) is 0.483. The third-order valence-corrected chi connectivity index (χ3v) is 4.76. The van der Waals surface area contributed by atoms with Crippen molar-refractivity contribution in [1.29, 1.82) is 0 Å². The Kier molecular flexibility index (Phi) is 11.0. The van der Waals surface area contributed by atoms with E-state index in [2.05, 4.69) is 41.8 Å². The third kappa shape index (κ3) is 10.00. The molecule has 0 heterocycles. The van der Waals surface area contributed by atoms with Gasteiger partial charge in [-0.15, -0.1) is 0 Å². The Balaban J connectivity index is 2.28. The first-order valence-electron chi connectivity index (χ1n) is 10.5. The van der Waals surface area contributed by atoms with Crippen LogP contribution in [0.15, 0.2) is 24.3 Å². The van der Waals surface area contributed by atoms with Crippen molar-refractivity contribution in [3.63, 3.8) is 0 Å². The molecule has 0 bridgehead atoms. The average molecular weight is 391 g/mol. The molecule has 0 aliphatic carbocycles. The summed E-state index contributed by atoms with van der Waals surface area (Å²) < 4.78 is 0. The minimum Gasteiger partial charge on any atom is -0.391 e. The van der Waals surface area contributed by atoms with Crippen molar-refractivity contribution in [3.8, 4) is 0 Å². The van der Waals surface area contributed by atoms with Gasteiger partial charge in [0.15, 0.2) is 5.78 Å². The number of hydrogen-bond donors (Lipinski definition) is 3. The Morgan fingerprint density at radius 1 is 1.04 bits per heavy atom. The van der Waals surface area contributed by atoms with E-state index in [0.717, 1.165) is 12.8 Å². The van der Waals surface area contributed by atoms with Gasteiger partial charge in [0.25, 0.3) is 0 Å². The summed E-state index contributed by atoms with van der Waals surface area (Å²) in [6, 6.07) is 8.31. The fourth-order valence-electron chi connectivity index (χ4n) is 3.10. The Labute approximate surface area is 170 Å². The highest BCUT2D eigenvalue weighted by Gasteiger charge is 2.22. The van der Waals surface area contributed by atoms with E-state index in [1.165, 1.54) is 11.1 Å². The van der Waals surface area contributed by atoms with Crippen molar-refractivity contribution in [2.24, 2.45) is 5.92 Å². The predicted octanol–water partition coefficient (Wildman–Crippen LogP) is 3.17.